The van der Waals surface area contributed by atoms with E-state index in [0.717, 1.165) is 51.1 Å². The number of rotatable bonds is 7. The summed E-state index contributed by atoms with van der Waals surface area (Å²) in [5.41, 5.74) is 2.61. The van der Waals surface area contributed by atoms with Crippen molar-refractivity contribution in [3.8, 4) is 0 Å². The fourth-order valence-corrected chi connectivity index (χ4v) is 3.76. The van der Waals surface area contributed by atoms with Crippen LogP contribution in [0.2, 0.25) is 0 Å². The summed E-state index contributed by atoms with van der Waals surface area (Å²) in [6, 6.07) is 12.4. The average Bonchev–Trinajstić information content (AvgIpc) is 2.76. The van der Waals surface area contributed by atoms with E-state index in [1.165, 1.54) is 6.07 Å². The zero-order chi connectivity index (χ0) is 20.8. The Morgan fingerprint density at radius 1 is 1.07 bits per heavy atom. The van der Waals surface area contributed by atoms with Crippen LogP contribution in [0.25, 0.3) is 0 Å². The fraction of sp³-hybridized carbons (Fsp3) is 0.409. The molecule has 1 fully saturated rings. The van der Waals surface area contributed by atoms with E-state index >= 15 is 0 Å². The minimum absolute atomic E-state index is 0.0172. The highest BCUT2D eigenvalue weighted by atomic mass is 16.6. The second-order valence-electron chi connectivity index (χ2n) is 7.18. The summed E-state index contributed by atoms with van der Waals surface area (Å²) >= 11 is 0. The SMILES string of the molecule is CCN(CC)c1ccc(NC(=O)c2ccc(N3CCCCC3)c([N+](=O)[O-])c2)cc1. The number of amides is 1. The summed E-state index contributed by atoms with van der Waals surface area (Å²) in [6.07, 6.45) is 3.21. The van der Waals surface area contributed by atoms with Gasteiger partial charge in [-0.15, -0.1) is 0 Å². The van der Waals surface area contributed by atoms with E-state index in [2.05, 4.69) is 24.1 Å². The molecule has 0 bridgehead atoms. The van der Waals surface area contributed by atoms with E-state index in [1.54, 1.807) is 12.1 Å². The topological polar surface area (TPSA) is 78.7 Å². The number of carbonyl (C=O) groups is 1. The highest BCUT2D eigenvalue weighted by Gasteiger charge is 2.23. The summed E-state index contributed by atoms with van der Waals surface area (Å²) in [5, 5.41) is 14.4. The highest BCUT2D eigenvalue weighted by molar-refractivity contribution is 6.05. The first-order chi connectivity index (χ1) is 14.0. The minimum Gasteiger partial charge on any atom is -0.372 e. The summed E-state index contributed by atoms with van der Waals surface area (Å²) < 4.78 is 0. The fourth-order valence-electron chi connectivity index (χ4n) is 3.76. The molecule has 1 aliphatic rings. The normalized spacial score (nSPS) is 13.8. The second kappa shape index (κ2) is 9.41. The number of hydrogen-bond donors (Lipinski definition) is 1. The van der Waals surface area contributed by atoms with Gasteiger partial charge in [-0.05, 0) is 69.5 Å². The van der Waals surface area contributed by atoms with Crippen molar-refractivity contribution in [3.63, 3.8) is 0 Å². The Morgan fingerprint density at radius 2 is 1.72 bits per heavy atom. The maximum absolute atomic E-state index is 12.6. The molecule has 1 heterocycles. The van der Waals surface area contributed by atoms with Gasteiger partial charge in [0.25, 0.3) is 11.6 Å². The lowest BCUT2D eigenvalue weighted by Crippen LogP contribution is -2.30. The van der Waals surface area contributed by atoms with Crippen LogP contribution in [0, 0.1) is 10.1 Å². The molecule has 29 heavy (non-hydrogen) atoms. The number of piperidine rings is 1. The summed E-state index contributed by atoms with van der Waals surface area (Å²) in [4.78, 5) is 28.1. The van der Waals surface area contributed by atoms with Crippen molar-refractivity contribution in [1.29, 1.82) is 0 Å². The summed E-state index contributed by atoms with van der Waals surface area (Å²) in [6.45, 7) is 7.64. The van der Waals surface area contributed by atoms with Crippen LogP contribution in [-0.2, 0) is 0 Å². The van der Waals surface area contributed by atoms with Gasteiger partial charge in [0, 0.05) is 49.2 Å². The Kier molecular flexibility index (Phi) is 6.69. The van der Waals surface area contributed by atoms with Gasteiger partial charge < -0.3 is 15.1 Å². The van der Waals surface area contributed by atoms with Crippen molar-refractivity contribution in [2.24, 2.45) is 0 Å². The number of hydrogen-bond acceptors (Lipinski definition) is 5. The first kappa shape index (κ1) is 20.6. The zero-order valence-electron chi connectivity index (χ0n) is 17.1. The van der Waals surface area contributed by atoms with Gasteiger partial charge in [0.15, 0.2) is 0 Å². The summed E-state index contributed by atoms with van der Waals surface area (Å²) in [5.74, 6) is -0.353. The second-order valence-corrected chi connectivity index (χ2v) is 7.18. The molecule has 1 amide bonds. The van der Waals surface area contributed by atoms with Crippen LogP contribution in [0.5, 0.6) is 0 Å². The van der Waals surface area contributed by atoms with E-state index in [1.807, 2.05) is 29.2 Å². The van der Waals surface area contributed by atoms with Gasteiger partial charge >= 0.3 is 0 Å². The lowest BCUT2D eigenvalue weighted by molar-refractivity contribution is -0.384. The van der Waals surface area contributed by atoms with Crippen molar-refractivity contribution in [2.75, 3.05) is 41.3 Å². The number of anilines is 3. The van der Waals surface area contributed by atoms with Crippen LogP contribution in [0.1, 0.15) is 43.5 Å². The van der Waals surface area contributed by atoms with Crippen molar-refractivity contribution >= 4 is 28.7 Å². The van der Waals surface area contributed by atoms with Gasteiger partial charge in [-0.3, -0.25) is 14.9 Å². The van der Waals surface area contributed by atoms with Crippen molar-refractivity contribution < 1.29 is 9.72 Å². The smallest absolute Gasteiger partial charge is 0.293 e. The predicted octanol–water partition coefficient (Wildman–Crippen LogP) is 4.68. The Hall–Kier alpha value is -3.09. The molecule has 0 radical (unpaired) electrons. The van der Waals surface area contributed by atoms with Gasteiger partial charge in [-0.1, -0.05) is 0 Å². The molecule has 0 spiro atoms. The van der Waals surface area contributed by atoms with Crippen LogP contribution in [0.4, 0.5) is 22.7 Å². The van der Waals surface area contributed by atoms with Crippen LogP contribution in [0.15, 0.2) is 42.5 Å². The van der Waals surface area contributed by atoms with Crippen molar-refractivity contribution in [1.82, 2.24) is 0 Å². The molecule has 1 saturated heterocycles. The first-order valence-corrected chi connectivity index (χ1v) is 10.2. The highest BCUT2D eigenvalue weighted by Crippen LogP contribution is 2.31. The van der Waals surface area contributed by atoms with Gasteiger partial charge in [0.2, 0.25) is 0 Å². The molecule has 0 aliphatic carbocycles. The Balaban J connectivity index is 1.76. The molecule has 0 saturated carbocycles. The largest absolute Gasteiger partial charge is 0.372 e. The van der Waals surface area contributed by atoms with Crippen LogP contribution in [0.3, 0.4) is 0 Å². The molecule has 154 valence electrons. The number of nitrogens with zero attached hydrogens (tertiary/aromatic N) is 3. The van der Waals surface area contributed by atoms with E-state index in [0.29, 0.717) is 11.4 Å². The van der Waals surface area contributed by atoms with Gasteiger partial charge in [0.1, 0.15) is 5.69 Å². The molecule has 7 heteroatoms. The zero-order valence-corrected chi connectivity index (χ0v) is 17.1. The number of nitro groups is 1. The number of carbonyl (C=O) groups excluding carboxylic acids is 1. The number of benzene rings is 2. The van der Waals surface area contributed by atoms with Crippen molar-refractivity contribution in [3.05, 3.63) is 58.1 Å². The molecule has 1 aliphatic heterocycles. The van der Waals surface area contributed by atoms with Crippen LogP contribution < -0.4 is 15.1 Å². The van der Waals surface area contributed by atoms with Gasteiger partial charge in [0.05, 0.1) is 4.92 Å². The molecule has 3 rings (SSSR count). The maximum Gasteiger partial charge on any atom is 0.293 e. The monoisotopic (exact) mass is 396 g/mol. The standard InChI is InChI=1S/C22H28N4O3/c1-3-24(4-2)19-11-9-18(10-12-19)23-22(27)17-8-13-20(21(16-17)26(28)29)25-14-6-5-7-15-25/h8-13,16H,3-7,14-15H2,1-2H3,(H,23,27). The van der Waals surface area contributed by atoms with E-state index in [-0.39, 0.29) is 17.2 Å². The third kappa shape index (κ3) is 4.85. The van der Waals surface area contributed by atoms with Gasteiger partial charge in [-0.2, -0.15) is 0 Å². The van der Waals surface area contributed by atoms with E-state index < -0.39 is 4.92 Å². The third-order valence-corrected chi connectivity index (χ3v) is 5.38. The summed E-state index contributed by atoms with van der Waals surface area (Å²) in [7, 11) is 0. The molecule has 0 atom stereocenters. The Labute approximate surface area is 171 Å². The Bertz CT molecular complexity index is 857. The molecule has 2 aromatic rings. The van der Waals surface area contributed by atoms with Crippen LogP contribution in [-0.4, -0.2) is 37.0 Å². The molecule has 2 aromatic carbocycles. The molecule has 7 nitrogen and oxygen atoms in total. The number of nitrogens with one attached hydrogen (secondary N) is 1. The number of nitro benzene ring substituents is 1. The van der Waals surface area contributed by atoms with Crippen LogP contribution >= 0.6 is 0 Å². The third-order valence-electron chi connectivity index (χ3n) is 5.38. The molecular weight excluding hydrogens is 368 g/mol. The average molecular weight is 396 g/mol. The Morgan fingerprint density at radius 3 is 2.31 bits per heavy atom. The molecule has 0 aromatic heterocycles. The van der Waals surface area contributed by atoms with E-state index in [9.17, 15) is 14.9 Å². The lowest BCUT2D eigenvalue weighted by atomic mass is 10.1. The molecule has 1 N–H and O–H groups in total. The lowest BCUT2D eigenvalue weighted by Gasteiger charge is -2.28. The molecule has 0 unspecified atom stereocenters. The van der Waals surface area contributed by atoms with Crippen molar-refractivity contribution in [2.45, 2.75) is 33.1 Å². The first-order valence-electron chi connectivity index (χ1n) is 10.2. The maximum atomic E-state index is 12.6. The van der Waals surface area contributed by atoms with E-state index in [4.69, 9.17) is 0 Å². The predicted molar refractivity (Wildman–Crippen MR) is 117 cm³/mol. The van der Waals surface area contributed by atoms with Gasteiger partial charge in [-0.25, -0.2) is 0 Å². The molecular formula is C22H28N4O3. The quantitative estimate of drug-likeness (QED) is 0.543. The minimum atomic E-state index is -0.403.